The van der Waals surface area contributed by atoms with Gasteiger partial charge in [0.2, 0.25) is 0 Å². The molecule has 0 atom stereocenters. The van der Waals surface area contributed by atoms with Crippen molar-refractivity contribution in [3.63, 3.8) is 0 Å². The van der Waals surface area contributed by atoms with Gasteiger partial charge in [-0.2, -0.15) is 0 Å². The van der Waals surface area contributed by atoms with Gasteiger partial charge in [-0.1, -0.05) is 48.5 Å². The van der Waals surface area contributed by atoms with Gasteiger partial charge in [-0.05, 0) is 35.9 Å². The number of hydrogen-bond donors (Lipinski definition) is 2. The fourth-order valence-electron chi connectivity index (χ4n) is 2.47. The molecule has 0 unspecified atom stereocenters. The maximum Gasteiger partial charge on any atom is 0.123 e. The van der Waals surface area contributed by atoms with Crippen LogP contribution in [0.1, 0.15) is 11.1 Å². The molecule has 25 heavy (non-hydrogen) atoms. The van der Waals surface area contributed by atoms with Gasteiger partial charge in [0.1, 0.15) is 5.75 Å². The second-order valence-electron chi connectivity index (χ2n) is 5.59. The Morgan fingerprint density at radius 2 is 1.60 bits per heavy atom. The zero-order chi connectivity index (χ0) is 17.3. The van der Waals surface area contributed by atoms with E-state index in [0.29, 0.717) is 0 Å². The van der Waals surface area contributed by atoms with Crippen molar-refractivity contribution in [1.82, 2.24) is 5.43 Å². The Balaban J connectivity index is 1.57. The summed E-state index contributed by atoms with van der Waals surface area (Å²) in [6.45, 7) is 0.720. The van der Waals surface area contributed by atoms with Crippen LogP contribution in [0.5, 0.6) is 5.75 Å². The number of hydrogen-bond acceptors (Lipinski definition) is 4. The third-order valence-electron chi connectivity index (χ3n) is 3.79. The van der Waals surface area contributed by atoms with Crippen LogP contribution in [-0.4, -0.2) is 7.11 Å². The first-order valence-electron chi connectivity index (χ1n) is 8.23. The molecule has 0 fully saturated rings. The highest BCUT2D eigenvalue weighted by molar-refractivity contribution is 7.98. The lowest BCUT2D eigenvalue weighted by Gasteiger charge is -2.12. The van der Waals surface area contributed by atoms with E-state index < -0.39 is 0 Å². The van der Waals surface area contributed by atoms with Gasteiger partial charge >= 0.3 is 0 Å². The number of rotatable bonds is 8. The predicted molar refractivity (Wildman–Crippen MR) is 106 cm³/mol. The molecule has 0 heterocycles. The molecule has 0 aromatic heterocycles. The van der Waals surface area contributed by atoms with Gasteiger partial charge in [0.05, 0.1) is 7.11 Å². The minimum atomic E-state index is 0.720. The largest absolute Gasteiger partial charge is 0.496 e. The van der Waals surface area contributed by atoms with Crippen molar-refractivity contribution in [2.45, 2.75) is 17.2 Å². The van der Waals surface area contributed by atoms with Crippen molar-refractivity contribution in [3.8, 4) is 5.75 Å². The van der Waals surface area contributed by atoms with E-state index >= 15 is 0 Å². The summed E-state index contributed by atoms with van der Waals surface area (Å²) in [5.74, 6) is 1.82. The maximum absolute atomic E-state index is 5.58. The third kappa shape index (κ3) is 5.28. The van der Waals surface area contributed by atoms with Gasteiger partial charge in [-0.15, -0.1) is 11.8 Å². The Labute approximate surface area is 153 Å². The van der Waals surface area contributed by atoms with Crippen molar-refractivity contribution in [1.29, 1.82) is 0 Å². The molecule has 0 aliphatic heterocycles. The number of ether oxygens (including phenoxy) is 1. The van der Waals surface area contributed by atoms with E-state index in [2.05, 4.69) is 53.3 Å². The standard InChI is InChI=1S/C21H22N2OS/c1-24-21-14-17(15-22-23-19-8-4-2-5-9-19)12-13-18(21)16-25-20-10-6-3-7-11-20/h2-14,22-23H,15-16H2,1H3. The first kappa shape index (κ1) is 17.4. The van der Waals surface area contributed by atoms with Crippen LogP contribution < -0.4 is 15.6 Å². The van der Waals surface area contributed by atoms with E-state index in [1.54, 1.807) is 7.11 Å². The molecule has 0 radical (unpaired) electrons. The topological polar surface area (TPSA) is 33.3 Å². The van der Waals surface area contributed by atoms with Gasteiger partial charge < -0.3 is 10.2 Å². The number of anilines is 1. The van der Waals surface area contributed by atoms with Gasteiger partial charge in [0.25, 0.3) is 0 Å². The van der Waals surface area contributed by atoms with Crippen molar-refractivity contribution < 1.29 is 4.74 Å². The summed E-state index contributed by atoms with van der Waals surface area (Å²) in [4.78, 5) is 1.27. The number of thioether (sulfide) groups is 1. The first-order valence-corrected chi connectivity index (χ1v) is 9.21. The number of hydrazine groups is 1. The van der Waals surface area contributed by atoms with Crippen LogP contribution in [0, 0.1) is 0 Å². The molecule has 0 aliphatic rings. The van der Waals surface area contributed by atoms with Crippen LogP contribution in [0.4, 0.5) is 5.69 Å². The van der Waals surface area contributed by atoms with Crippen LogP contribution in [0.25, 0.3) is 0 Å². The average Bonchev–Trinajstić information content (AvgIpc) is 2.68. The minimum Gasteiger partial charge on any atom is -0.496 e. The van der Waals surface area contributed by atoms with Crippen LogP contribution in [0.2, 0.25) is 0 Å². The summed E-state index contributed by atoms with van der Waals surface area (Å²) in [5.41, 5.74) is 9.86. The van der Waals surface area contributed by atoms with Crippen LogP contribution >= 0.6 is 11.8 Å². The van der Waals surface area contributed by atoms with Crippen LogP contribution in [0.3, 0.4) is 0 Å². The summed E-state index contributed by atoms with van der Waals surface area (Å²) in [6.07, 6.45) is 0. The summed E-state index contributed by atoms with van der Waals surface area (Å²) in [7, 11) is 1.73. The van der Waals surface area contributed by atoms with Gasteiger partial charge in [-0.25, -0.2) is 5.43 Å². The Morgan fingerprint density at radius 3 is 2.32 bits per heavy atom. The van der Waals surface area contributed by atoms with E-state index in [0.717, 1.165) is 23.7 Å². The van der Waals surface area contributed by atoms with Crippen molar-refractivity contribution in [2.75, 3.05) is 12.5 Å². The molecule has 128 valence electrons. The fourth-order valence-corrected chi connectivity index (χ4v) is 3.38. The monoisotopic (exact) mass is 350 g/mol. The normalized spacial score (nSPS) is 10.4. The third-order valence-corrected chi connectivity index (χ3v) is 4.85. The molecule has 3 aromatic carbocycles. The molecule has 0 amide bonds. The minimum absolute atomic E-state index is 0.720. The van der Waals surface area contributed by atoms with Crippen molar-refractivity contribution in [2.24, 2.45) is 0 Å². The molecular weight excluding hydrogens is 328 g/mol. The predicted octanol–water partition coefficient (Wildman–Crippen LogP) is 5.10. The highest BCUT2D eigenvalue weighted by Crippen LogP contribution is 2.28. The number of benzene rings is 3. The zero-order valence-electron chi connectivity index (χ0n) is 14.2. The lowest BCUT2D eigenvalue weighted by Crippen LogP contribution is -2.20. The van der Waals surface area contributed by atoms with E-state index in [9.17, 15) is 0 Å². The van der Waals surface area contributed by atoms with Gasteiger partial charge in [0.15, 0.2) is 0 Å². The smallest absolute Gasteiger partial charge is 0.123 e. The number of methoxy groups -OCH3 is 1. The Kier molecular flexibility index (Phi) is 6.37. The Bertz CT molecular complexity index is 778. The van der Waals surface area contributed by atoms with Gasteiger partial charge in [-0.3, -0.25) is 0 Å². The SMILES string of the molecule is COc1cc(CNNc2ccccc2)ccc1CSc1ccccc1. The number of para-hydroxylation sites is 1. The molecule has 0 aliphatic carbocycles. The molecule has 4 heteroatoms. The van der Waals surface area contributed by atoms with Crippen molar-refractivity contribution >= 4 is 17.4 Å². The van der Waals surface area contributed by atoms with E-state index in [4.69, 9.17) is 4.74 Å². The molecule has 3 rings (SSSR count). The molecule has 3 nitrogen and oxygen atoms in total. The fraction of sp³-hybridized carbons (Fsp3) is 0.143. The van der Waals surface area contributed by atoms with Crippen LogP contribution in [-0.2, 0) is 12.3 Å². The van der Waals surface area contributed by atoms with Gasteiger partial charge in [0, 0.05) is 28.4 Å². The first-order chi connectivity index (χ1) is 12.3. The Morgan fingerprint density at radius 1 is 0.880 bits per heavy atom. The molecule has 0 saturated carbocycles. The lowest BCUT2D eigenvalue weighted by molar-refractivity contribution is 0.410. The average molecular weight is 350 g/mol. The van der Waals surface area contributed by atoms with E-state index in [-0.39, 0.29) is 0 Å². The van der Waals surface area contributed by atoms with E-state index in [1.165, 1.54) is 16.0 Å². The molecule has 0 bridgehead atoms. The zero-order valence-corrected chi connectivity index (χ0v) is 15.1. The highest BCUT2D eigenvalue weighted by Gasteiger charge is 2.05. The number of nitrogens with one attached hydrogen (secondary N) is 2. The summed E-state index contributed by atoms with van der Waals surface area (Å²) in [6, 6.07) is 26.9. The summed E-state index contributed by atoms with van der Waals surface area (Å²) < 4.78 is 5.58. The summed E-state index contributed by atoms with van der Waals surface area (Å²) in [5, 5.41) is 0. The molecular formula is C21H22N2OS. The Hall–Kier alpha value is -2.43. The van der Waals surface area contributed by atoms with Crippen molar-refractivity contribution in [3.05, 3.63) is 90.0 Å². The molecule has 2 N–H and O–H groups in total. The maximum atomic E-state index is 5.58. The van der Waals surface area contributed by atoms with E-state index in [1.807, 2.05) is 48.2 Å². The molecule has 3 aromatic rings. The lowest BCUT2D eigenvalue weighted by atomic mass is 10.1. The highest BCUT2D eigenvalue weighted by atomic mass is 32.2. The molecule has 0 spiro atoms. The quantitative estimate of drug-likeness (QED) is 0.437. The van der Waals surface area contributed by atoms with Crippen LogP contribution in [0.15, 0.2) is 83.8 Å². The second-order valence-corrected chi connectivity index (χ2v) is 6.64. The summed E-state index contributed by atoms with van der Waals surface area (Å²) >= 11 is 1.82. The molecule has 0 saturated heterocycles. The second kappa shape index (κ2) is 9.16.